The number of aliphatic imine (C=N–C) groups is 1. The molecule has 2 aliphatic heterocycles. The molecular formula is C26H23F2N3O3. The Bertz CT molecular complexity index is 1270. The summed E-state index contributed by atoms with van der Waals surface area (Å²) in [5.41, 5.74) is 1.49. The van der Waals surface area contributed by atoms with Crippen LogP contribution >= 0.6 is 0 Å². The van der Waals surface area contributed by atoms with E-state index in [4.69, 9.17) is 14.5 Å². The van der Waals surface area contributed by atoms with Crippen LogP contribution in [-0.2, 0) is 0 Å². The molecule has 0 saturated carbocycles. The van der Waals surface area contributed by atoms with Gasteiger partial charge in [-0.2, -0.15) is 0 Å². The predicted molar refractivity (Wildman–Crippen MR) is 124 cm³/mol. The number of halogens is 2. The highest BCUT2D eigenvalue weighted by Crippen LogP contribution is 2.39. The zero-order chi connectivity index (χ0) is 23.8. The highest BCUT2D eigenvalue weighted by atomic mass is 19.1. The maximum absolute atomic E-state index is 13.7. The van der Waals surface area contributed by atoms with Crippen molar-refractivity contribution < 1.29 is 23.0 Å². The number of benzene rings is 3. The van der Waals surface area contributed by atoms with Gasteiger partial charge in [0.1, 0.15) is 34.7 Å². The molecule has 1 fully saturated rings. The Balaban J connectivity index is 1.46. The van der Waals surface area contributed by atoms with Crippen LogP contribution in [0.1, 0.15) is 22.8 Å². The SMILES string of the molecule is COc1ccc2c(c1)C(N1CCN(C(=O)c3cc(F)cc(F)c3)[C@H](C)C1)=Nc1ccccc1O2. The van der Waals surface area contributed by atoms with Gasteiger partial charge in [0.05, 0.1) is 12.7 Å². The van der Waals surface area contributed by atoms with Crippen LogP contribution in [0.4, 0.5) is 14.5 Å². The summed E-state index contributed by atoms with van der Waals surface area (Å²) in [7, 11) is 1.60. The summed E-state index contributed by atoms with van der Waals surface area (Å²) in [6, 6.07) is 15.8. The Kier molecular flexibility index (Phi) is 5.65. The number of methoxy groups -OCH3 is 1. The van der Waals surface area contributed by atoms with Gasteiger partial charge in [0, 0.05) is 37.3 Å². The lowest BCUT2D eigenvalue weighted by Gasteiger charge is -2.41. The van der Waals surface area contributed by atoms with Crippen LogP contribution in [0.25, 0.3) is 0 Å². The van der Waals surface area contributed by atoms with E-state index in [1.165, 1.54) is 0 Å². The molecule has 1 atom stereocenters. The molecule has 1 amide bonds. The Morgan fingerprint density at radius 1 is 1.03 bits per heavy atom. The maximum Gasteiger partial charge on any atom is 0.254 e. The third-order valence-electron chi connectivity index (χ3n) is 6.04. The van der Waals surface area contributed by atoms with Gasteiger partial charge in [0.15, 0.2) is 5.75 Å². The molecule has 3 aromatic carbocycles. The van der Waals surface area contributed by atoms with E-state index in [1.807, 2.05) is 49.4 Å². The van der Waals surface area contributed by atoms with Gasteiger partial charge in [-0.3, -0.25) is 4.79 Å². The zero-order valence-electron chi connectivity index (χ0n) is 18.8. The lowest BCUT2D eigenvalue weighted by atomic mass is 10.1. The highest BCUT2D eigenvalue weighted by molar-refractivity contribution is 6.04. The molecule has 0 unspecified atom stereocenters. The van der Waals surface area contributed by atoms with Gasteiger partial charge in [0.25, 0.3) is 5.91 Å². The number of carbonyl (C=O) groups excluding carboxylic acids is 1. The number of rotatable bonds is 2. The first-order valence-corrected chi connectivity index (χ1v) is 11.0. The number of hydrogen-bond donors (Lipinski definition) is 0. The number of amides is 1. The Hall–Kier alpha value is -3.94. The molecule has 0 radical (unpaired) electrons. The second kappa shape index (κ2) is 8.78. The van der Waals surface area contributed by atoms with E-state index in [0.717, 1.165) is 29.6 Å². The summed E-state index contributed by atoms with van der Waals surface area (Å²) in [6.45, 7) is 3.26. The van der Waals surface area contributed by atoms with Crippen molar-refractivity contribution in [1.82, 2.24) is 9.80 Å². The fourth-order valence-electron chi connectivity index (χ4n) is 4.36. The molecule has 2 aliphatic rings. The number of amidine groups is 1. The van der Waals surface area contributed by atoms with Gasteiger partial charge in [-0.05, 0) is 49.4 Å². The molecule has 5 rings (SSSR count). The molecule has 0 aliphatic carbocycles. The maximum atomic E-state index is 13.7. The summed E-state index contributed by atoms with van der Waals surface area (Å²) in [4.78, 5) is 21.7. The number of nitrogens with zero attached hydrogens (tertiary/aromatic N) is 3. The number of carbonyl (C=O) groups is 1. The van der Waals surface area contributed by atoms with Crippen LogP contribution in [0.5, 0.6) is 17.2 Å². The molecule has 0 bridgehead atoms. The molecule has 0 spiro atoms. The number of ether oxygens (including phenoxy) is 2. The van der Waals surface area contributed by atoms with Gasteiger partial charge in [-0.25, -0.2) is 13.8 Å². The molecule has 2 heterocycles. The Morgan fingerprint density at radius 2 is 1.79 bits per heavy atom. The summed E-state index contributed by atoms with van der Waals surface area (Å²) >= 11 is 0. The summed E-state index contributed by atoms with van der Waals surface area (Å²) in [6.07, 6.45) is 0. The molecule has 174 valence electrons. The molecule has 0 N–H and O–H groups in total. The van der Waals surface area contributed by atoms with E-state index in [1.54, 1.807) is 12.0 Å². The second-order valence-corrected chi connectivity index (χ2v) is 8.32. The van der Waals surface area contributed by atoms with Crippen LogP contribution in [0.15, 0.2) is 65.7 Å². The molecule has 0 aromatic heterocycles. The fourth-order valence-corrected chi connectivity index (χ4v) is 4.36. The van der Waals surface area contributed by atoms with Crippen molar-refractivity contribution in [2.75, 3.05) is 26.7 Å². The van der Waals surface area contributed by atoms with Crippen molar-refractivity contribution in [3.05, 3.63) is 83.4 Å². The standard InChI is InChI=1S/C26H23F2N3O3/c1-16-15-30(9-10-31(16)26(32)17-11-18(27)13-19(28)12-17)25-21-14-20(33-2)7-8-23(21)34-24-6-4-3-5-22(24)29-25/h3-8,11-14,16H,9-10,15H2,1-2H3/t16-/m1/s1. The normalized spacial score (nSPS) is 17.2. The molecule has 8 heteroatoms. The van der Waals surface area contributed by atoms with Gasteiger partial charge >= 0.3 is 0 Å². The van der Waals surface area contributed by atoms with Gasteiger partial charge in [0.2, 0.25) is 0 Å². The van der Waals surface area contributed by atoms with E-state index < -0.39 is 17.5 Å². The van der Waals surface area contributed by atoms with Crippen LogP contribution in [0.3, 0.4) is 0 Å². The molecule has 34 heavy (non-hydrogen) atoms. The molecule has 3 aromatic rings. The van der Waals surface area contributed by atoms with Crippen LogP contribution in [-0.4, -0.2) is 54.3 Å². The monoisotopic (exact) mass is 463 g/mol. The van der Waals surface area contributed by atoms with Gasteiger partial charge < -0.3 is 19.3 Å². The quantitative estimate of drug-likeness (QED) is 0.537. The van der Waals surface area contributed by atoms with Crippen LogP contribution < -0.4 is 9.47 Å². The first-order chi connectivity index (χ1) is 16.4. The summed E-state index contributed by atoms with van der Waals surface area (Å²) < 4.78 is 38.9. The average Bonchev–Trinajstić information content (AvgIpc) is 2.99. The van der Waals surface area contributed by atoms with Crippen molar-refractivity contribution in [3.63, 3.8) is 0 Å². The fraction of sp³-hybridized carbons (Fsp3) is 0.231. The van der Waals surface area contributed by atoms with Crippen molar-refractivity contribution in [2.24, 2.45) is 4.99 Å². The minimum Gasteiger partial charge on any atom is -0.497 e. The first-order valence-electron chi connectivity index (χ1n) is 11.0. The highest BCUT2D eigenvalue weighted by Gasteiger charge is 2.32. The molecule has 6 nitrogen and oxygen atoms in total. The van der Waals surface area contributed by atoms with E-state index in [2.05, 4.69) is 4.90 Å². The number of piperazine rings is 1. The minimum absolute atomic E-state index is 0.00187. The largest absolute Gasteiger partial charge is 0.497 e. The van der Waals surface area contributed by atoms with Crippen molar-refractivity contribution in [1.29, 1.82) is 0 Å². The third kappa shape index (κ3) is 4.07. The number of hydrogen-bond acceptors (Lipinski definition) is 5. The summed E-state index contributed by atoms with van der Waals surface area (Å²) in [5.74, 6) is 0.762. The molecule has 1 saturated heterocycles. The minimum atomic E-state index is -0.772. The molecular weight excluding hydrogens is 440 g/mol. The predicted octanol–water partition coefficient (Wildman–Crippen LogP) is 5.00. The summed E-state index contributed by atoms with van der Waals surface area (Å²) in [5, 5.41) is 0. The van der Waals surface area contributed by atoms with Gasteiger partial charge in [-0.1, -0.05) is 12.1 Å². The van der Waals surface area contributed by atoms with Crippen molar-refractivity contribution in [3.8, 4) is 17.2 Å². The van der Waals surface area contributed by atoms with Crippen molar-refractivity contribution in [2.45, 2.75) is 13.0 Å². The first kappa shape index (κ1) is 21.9. The topological polar surface area (TPSA) is 54.4 Å². The zero-order valence-corrected chi connectivity index (χ0v) is 18.8. The average molecular weight is 463 g/mol. The van der Waals surface area contributed by atoms with E-state index in [9.17, 15) is 13.6 Å². The van der Waals surface area contributed by atoms with Gasteiger partial charge in [-0.15, -0.1) is 0 Å². The second-order valence-electron chi connectivity index (χ2n) is 8.32. The lowest BCUT2D eigenvalue weighted by molar-refractivity contribution is 0.0580. The number of fused-ring (bicyclic) bond motifs is 2. The van der Waals surface area contributed by atoms with E-state index in [-0.39, 0.29) is 11.6 Å². The third-order valence-corrected chi connectivity index (χ3v) is 6.04. The Morgan fingerprint density at radius 3 is 2.53 bits per heavy atom. The lowest BCUT2D eigenvalue weighted by Crippen LogP contribution is -2.55. The van der Waals surface area contributed by atoms with Crippen LogP contribution in [0.2, 0.25) is 0 Å². The van der Waals surface area contributed by atoms with E-state index >= 15 is 0 Å². The van der Waals surface area contributed by atoms with E-state index in [0.29, 0.717) is 42.6 Å². The number of para-hydroxylation sites is 2. The smallest absolute Gasteiger partial charge is 0.254 e. The van der Waals surface area contributed by atoms with Crippen molar-refractivity contribution >= 4 is 17.4 Å². The Labute approximate surface area is 196 Å². The van der Waals surface area contributed by atoms with Crippen LogP contribution in [0, 0.1) is 11.6 Å².